The smallest absolute Gasteiger partial charge is 0.251 e. The van der Waals surface area contributed by atoms with E-state index in [1.807, 2.05) is 36.4 Å². The molecule has 210 valence electrons. The minimum atomic E-state index is -0.105. The molecule has 2 fully saturated rings. The predicted molar refractivity (Wildman–Crippen MR) is 165 cm³/mol. The zero-order chi connectivity index (χ0) is 27.7. The van der Waals surface area contributed by atoms with Crippen molar-refractivity contribution < 1.29 is 4.79 Å². The Balaban J connectivity index is 1.23. The van der Waals surface area contributed by atoms with Crippen LogP contribution in [0, 0.1) is 0 Å². The molecule has 0 saturated carbocycles. The van der Waals surface area contributed by atoms with Crippen molar-refractivity contribution in [1.29, 1.82) is 0 Å². The first-order chi connectivity index (χ1) is 19.5. The quantitative estimate of drug-likeness (QED) is 0.251. The molecule has 3 aromatic rings. The first-order valence-corrected chi connectivity index (χ1v) is 14.9. The summed E-state index contributed by atoms with van der Waals surface area (Å²) in [5, 5.41) is 15.2. The number of nitrogens with zero attached hydrogens (tertiary/aromatic N) is 1. The van der Waals surface area contributed by atoms with Crippen molar-refractivity contribution in [3.05, 3.63) is 111 Å². The average molecular weight is 579 g/mol. The van der Waals surface area contributed by atoms with Gasteiger partial charge < -0.3 is 26.2 Å². The number of carbonyl (C=O) groups excluding carboxylic acids is 1. The van der Waals surface area contributed by atoms with Crippen LogP contribution in [0.5, 0.6) is 0 Å². The highest BCUT2D eigenvalue weighted by Gasteiger charge is 2.23. The van der Waals surface area contributed by atoms with Crippen molar-refractivity contribution in [3.63, 3.8) is 0 Å². The van der Waals surface area contributed by atoms with Crippen LogP contribution in [0.15, 0.2) is 84.7 Å². The molecule has 0 aromatic heterocycles. The average Bonchev–Trinajstić information content (AvgIpc) is 2.99. The van der Waals surface area contributed by atoms with Crippen molar-refractivity contribution in [2.75, 3.05) is 38.0 Å². The number of carbonyl (C=O) groups is 1. The summed E-state index contributed by atoms with van der Waals surface area (Å²) in [5.41, 5.74) is 3.84. The summed E-state index contributed by atoms with van der Waals surface area (Å²) in [5.74, 6) is 1.01. The van der Waals surface area contributed by atoms with Gasteiger partial charge in [-0.15, -0.1) is 0 Å². The number of hydrogen-bond acceptors (Lipinski definition) is 5. The molecular formula is C32H37Cl2N5O. The minimum Gasteiger partial charge on any atom is -0.355 e. The molecule has 5 rings (SSSR count). The number of rotatable bonds is 9. The summed E-state index contributed by atoms with van der Waals surface area (Å²) >= 11 is 12.2. The second-order valence-corrected chi connectivity index (χ2v) is 11.3. The molecular weight excluding hydrogens is 541 g/mol. The number of amides is 1. The van der Waals surface area contributed by atoms with Crippen molar-refractivity contribution in [2.24, 2.45) is 0 Å². The van der Waals surface area contributed by atoms with Crippen molar-refractivity contribution in [3.8, 4) is 0 Å². The Morgan fingerprint density at radius 1 is 0.975 bits per heavy atom. The van der Waals surface area contributed by atoms with Crippen LogP contribution in [0.2, 0.25) is 10.0 Å². The standard InChI is InChI=1S/C32H37Cl2N5O/c33-26-12-9-23(29(34)20-26)15-17-37-32(40)25-10-13-27(14-11-25)38-31(21-28-8-4-5-16-35-28)39-19-18-36-30(22-39)24-6-2-1-3-7-24/h1-3,6-7,9-14,20-21,28,30,35-36,38H,4-5,8,15-19,22H2,(H,37,40). The Hall–Kier alpha value is -3.03. The molecule has 2 saturated heterocycles. The normalized spacial score (nSPS) is 19.8. The summed E-state index contributed by atoms with van der Waals surface area (Å²) in [6, 6.07) is 24.4. The fourth-order valence-corrected chi connectivity index (χ4v) is 5.81. The summed E-state index contributed by atoms with van der Waals surface area (Å²) in [6.45, 7) is 4.27. The van der Waals surface area contributed by atoms with Crippen molar-refractivity contribution in [2.45, 2.75) is 37.8 Å². The van der Waals surface area contributed by atoms with Crippen LogP contribution in [-0.4, -0.2) is 49.6 Å². The van der Waals surface area contributed by atoms with Gasteiger partial charge in [0.25, 0.3) is 5.91 Å². The first kappa shape index (κ1) is 28.5. The molecule has 2 aliphatic rings. The number of hydrogen-bond donors (Lipinski definition) is 4. The molecule has 0 radical (unpaired) electrons. The van der Waals surface area contributed by atoms with Gasteiger partial charge in [-0.25, -0.2) is 0 Å². The van der Waals surface area contributed by atoms with Gasteiger partial charge >= 0.3 is 0 Å². The molecule has 2 atom stereocenters. The highest BCUT2D eigenvalue weighted by Crippen LogP contribution is 2.24. The SMILES string of the molecule is O=C(NCCc1ccc(Cl)cc1Cl)c1ccc(NC(=CC2CCCCN2)N2CCNC(c3ccccc3)C2)cc1. The summed E-state index contributed by atoms with van der Waals surface area (Å²) in [4.78, 5) is 15.2. The lowest BCUT2D eigenvalue weighted by molar-refractivity contribution is 0.0954. The van der Waals surface area contributed by atoms with E-state index in [-0.39, 0.29) is 11.9 Å². The van der Waals surface area contributed by atoms with Crippen LogP contribution < -0.4 is 21.3 Å². The van der Waals surface area contributed by atoms with Gasteiger partial charge in [-0.1, -0.05) is 66.0 Å². The highest BCUT2D eigenvalue weighted by atomic mass is 35.5. The minimum absolute atomic E-state index is 0.105. The Bertz CT molecular complexity index is 1290. The zero-order valence-electron chi connectivity index (χ0n) is 22.6. The lowest BCUT2D eigenvalue weighted by Gasteiger charge is -2.38. The van der Waals surface area contributed by atoms with E-state index in [0.717, 1.165) is 49.7 Å². The number of benzene rings is 3. The van der Waals surface area contributed by atoms with Crippen molar-refractivity contribution in [1.82, 2.24) is 20.9 Å². The number of halogens is 2. The van der Waals surface area contributed by atoms with Crippen LogP contribution in [0.25, 0.3) is 0 Å². The molecule has 4 N–H and O–H groups in total. The van der Waals surface area contributed by atoms with Gasteiger partial charge in [0.1, 0.15) is 5.82 Å². The van der Waals surface area contributed by atoms with E-state index in [1.165, 1.54) is 18.4 Å². The monoisotopic (exact) mass is 577 g/mol. The molecule has 0 spiro atoms. The number of piperazine rings is 1. The molecule has 3 aromatic carbocycles. The Morgan fingerprint density at radius 3 is 2.55 bits per heavy atom. The third-order valence-electron chi connectivity index (χ3n) is 7.54. The van der Waals surface area contributed by atoms with Gasteiger partial charge in [-0.3, -0.25) is 4.79 Å². The topological polar surface area (TPSA) is 68.4 Å². The van der Waals surface area contributed by atoms with Crippen LogP contribution in [0.1, 0.15) is 46.8 Å². The summed E-state index contributed by atoms with van der Waals surface area (Å²) in [6.07, 6.45) is 6.59. The Labute approximate surface area is 247 Å². The molecule has 1 amide bonds. The summed E-state index contributed by atoms with van der Waals surface area (Å²) in [7, 11) is 0. The molecule has 40 heavy (non-hydrogen) atoms. The third kappa shape index (κ3) is 7.79. The zero-order valence-corrected chi connectivity index (χ0v) is 24.1. The van der Waals surface area contributed by atoms with Crippen molar-refractivity contribution >= 4 is 34.8 Å². The lowest BCUT2D eigenvalue weighted by atomic mass is 10.0. The first-order valence-electron chi connectivity index (χ1n) is 14.1. The second-order valence-electron chi connectivity index (χ2n) is 10.4. The van der Waals surface area contributed by atoms with Crippen LogP contribution >= 0.6 is 23.2 Å². The molecule has 2 heterocycles. The number of nitrogens with one attached hydrogen (secondary N) is 4. The molecule has 6 nitrogen and oxygen atoms in total. The van der Waals surface area contributed by atoms with E-state index in [4.69, 9.17) is 23.2 Å². The number of anilines is 1. The van der Waals surface area contributed by atoms with Gasteiger partial charge in [0.15, 0.2) is 0 Å². The largest absolute Gasteiger partial charge is 0.355 e. The van der Waals surface area contributed by atoms with E-state index in [1.54, 1.807) is 6.07 Å². The number of piperidine rings is 1. The van der Waals surface area contributed by atoms with Crippen LogP contribution in [-0.2, 0) is 6.42 Å². The van der Waals surface area contributed by atoms with E-state index < -0.39 is 0 Å². The van der Waals surface area contributed by atoms with E-state index in [2.05, 4.69) is 62.6 Å². The fraction of sp³-hybridized carbons (Fsp3) is 0.344. The van der Waals surface area contributed by atoms with Crippen LogP contribution in [0.3, 0.4) is 0 Å². The lowest BCUT2D eigenvalue weighted by Crippen LogP contribution is -2.47. The maximum Gasteiger partial charge on any atom is 0.251 e. The molecule has 8 heteroatoms. The molecule has 0 aliphatic carbocycles. The predicted octanol–water partition coefficient (Wildman–Crippen LogP) is 6.01. The molecule has 2 unspecified atom stereocenters. The van der Waals surface area contributed by atoms with Crippen LogP contribution in [0.4, 0.5) is 5.69 Å². The van der Waals surface area contributed by atoms with E-state index in [9.17, 15) is 4.79 Å². The highest BCUT2D eigenvalue weighted by molar-refractivity contribution is 6.35. The summed E-state index contributed by atoms with van der Waals surface area (Å²) < 4.78 is 0. The Kier molecular flexibility index (Phi) is 10.0. The van der Waals surface area contributed by atoms with Gasteiger partial charge in [0, 0.05) is 59.6 Å². The van der Waals surface area contributed by atoms with E-state index in [0.29, 0.717) is 34.6 Å². The van der Waals surface area contributed by atoms with E-state index >= 15 is 0 Å². The van der Waals surface area contributed by atoms with Gasteiger partial charge in [0.05, 0.1) is 0 Å². The molecule has 0 bridgehead atoms. The second kappa shape index (κ2) is 14.0. The maximum atomic E-state index is 12.8. The molecule has 2 aliphatic heterocycles. The Morgan fingerprint density at radius 2 is 1.80 bits per heavy atom. The van der Waals surface area contributed by atoms with Gasteiger partial charge in [-0.2, -0.15) is 0 Å². The third-order valence-corrected chi connectivity index (χ3v) is 8.13. The maximum absolute atomic E-state index is 12.8. The van der Waals surface area contributed by atoms with Gasteiger partial charge in [-0.05, 0) is 79.4 Å². The fourth-order valence-electron chi connectivity index (χ4n) is 5.31. The van der Waals surface area contributed by atoms with Gasteiger partial charge in [0.2, 0.25) is 0 Å².